The van der Waals surface area contributed by atoms with Crippen molar-refractivity contribution in [2.75, 3.05) is 20.6 Å². The van der Waals surface area contributed by atoms with E-state index in [-0.39, 0.29) is 47.9 Å². The van der Waals surface area contributed by atoms with E-state index >= 15 is 0 Å². The molecule has 4 heteroatoms. The van der Waals surface area contributed by atoms with Crippen molar-refractivity contribution in [3.05, 3.63) is 6.92 Å². The fourth-order valence-electron chi connectivity index (χ4n) is 0.316. The number of hydrogen-bond donors (Lipinski definition) is 0. The first kappa shape index (κ1) is 22.4. The topological polar surface area (TPSA) is 3.24 Å². The maximum Gasteiger partial charge on any atom is 2.00 e. The third-order valence-corrected chi connectivity index (χ3v) is 0.605. The van der Waals surface area contributed by atoms with Crippen LogP contribution in [0.4, 0.5) is 0 Å². The van der Waals surface area contributed by atoms with Crippen molar-refractivity contribution in [2.24, 2.45) is 0 Å². The van der Waals surface area contributed by atoms with Gasteiger partial charge in [-0.1, -0.05) is 0 Å². The zero-order chi connectivity index (χ0) is 4.99. The molecule has 0 aliphatic rings. The second kappa shape index (κ2) is 16.1. The van der Waals surface area contributed by atoms with Gasteiger partial charge in [-0.3, -0.25) is 0 Å². The summed E-state index contributed by atoms with van der Waals surface area (Å²) in [6.45, 7) is 4.78. The largest absolute Gasteiger partial charge is 2.00 e. The van der Waals surface area contributed by atoms with Crippen molar-refractivity contribution in [1.82, 2.24) is 4.90 Å². The van der Waals surface area contributed by atoms with Gasteiger partial charge in [0.1, 0.15) is 0 Å². The average Bonchev–Trinajstić information content (AvgIpc) is 1.35. The molecule has 0 aromatic heterocycles. The standard InChI is InChI=1S/C5H12N.2ClH.Mg/c1-4-5-6(2)3;;;/h1,4-5H2,2-3H3;2*1H;/q-1;;;+2/p-1. The predicted molar refractivity (Wildman–Crippen MR) is 41.5 cm³/mol. The Morgan fingerprint density at radius 2 is 1.67 bits per heavy atom. The summed E-state index contributed by atoms with van der Waals surface area (Å²) in [4.78, 5) is 2.12. The van der Waals surface area contributed by atoms with Crippen LogP contribution in [0.1, 0.15) is 6.42 Å². The van der Waals surface area contributed by atoms with E-state index in [4.69, 9.17) is 0 Å². The van der Waals surface area contributed by atoms with E-state index in [2.05, 4.69) is 11.8 Å². The van der Waals surface area contributed by atoms with Crippen LogP contribution in [0.25, 0.3) is 0 Å². The fourth-order valence-corrected chi connectivity index (χ4v) is 0.316. The van der Waals surface area contributed by atoms with Crippen LogP contribution in [0.3, 0.4) is 0 Å². The third-order valence-electron chi connectivity index (χ3n) is 0.605. The van der Waals surface area contributed by atoms with Crippen LogP contribution in [-0.4, -0.2) is 48.6 Å². The summed E-state index contributed by atoms with van der Waals surface area (Å²) in [5, 5.41) is 0. The molecule has 0 bridgehead atoms. The van der Waals surface area contributed by atoms with Crippen molar-refractivity contribution < 1.29 is 12.4 Å². The van der Waals surface area contributed by atoms with Crippen LogP contribution < -0.4 is 12.4 Å². The molecule has 0 aliphatic heterocycles. The number of nitrogens with zero attached hydrogens (tertiary/aromatic N) is 1. The molecule has 0 heterocycles. The van der Waals surface area contributed by atoms with Crippen molar-refractivity contribution in [1.29, 1.82) is 0 Å². The van der Waals surface area contributed by atoms with Gasteiger partial charge in [-0.15, -0.1) is 12.4 Å². The van der Waals surface area contributed by atoms with Gasteiger partial charge >= 0.3 is 23.1 Å². The molecule has 0 radical (unpaired) electrons. The minimum atomic E-state index is 0. The second-order valence-corrected chi connectivity index (χ2v) is 1.66. The molecule has 0 rings (SSSR count). The van der Waals surface area contributed by atoms with Gasteiger partial charge in [-0.05, 0) is 20.6 Å². The number of rotatable bonds is 2. The molecule has 0 fully saturated rings. The Balaban J connectivity index is -0.0000000417. The number of halogens is 2. The monoisotopic (exact) mass is 181 g/mol. The first-order valence-electron chi connectivity index (χ1n) is 2.21. The molecule has 0 saturated heterocycles. The van der Waals surface area contributed by atoms with Gasteiger partial charge in [0, 0.05) is 0 Å². The Hall–Kier alpha value is 1.31. The van der Waals surface area contributed by atoms with Gasteiger partial charge in [0.2, 0.25) is 0 Å². The molecule has 0 saturated carbocycles. The van der Waals surface area contributed by atoms with E-state index in [9.17, 15) is 0 Å². The van der Waals surface area contributed by atoms with Gasteiger partial charge in [0.15, 0.2) is 0 Å². The van der Waals surface area contributed by atoms with E-state index in [0.29, 0.717) is 0 Å². The van der Waals surface area contributed by atoms with E-state index in [1.54, 1.807) is 0 Å². The first-order chi connectivity index (χ1) is 2.77. The molecule has 0 aliphatic carbocycles. The first-order valence-corrected chi connectivity index (χ1v) is 2.21. The molecule has 0 amide bonds. The van der Waals surface area contributed by atoms with Crippen LogP contribution in [0.2, 0.25) is 0 Å². The summed E-state index contributed by atoms with van der Waals surface area (Å²) < 4.78 is 0. The minimum absolute atomic E-state index is 0. The summed E-state index contributed by atoms with van der Waals surface area (Å²) in [5.74, 6) is 0. The summed E-state index contributed by atoms with van der Waals surface area (Å²) in [7, 11) is 4.09. The predicted octanol–water partition coefficient (Wildman–Crippen LogP) is -2.18. The Labute approximate surface area is 86.5 Å². The van der Waals surface area contributed by atoms with Crippen molar-refractivity contribution >= 4 is 35.5 Å². The van der Waals surface area contributed by atoms with E-state index in [1.165, 1.54) is 0 Å². The molecule has 0 N–H and O–H groups in total. The Bertz CT molecular complexity index is 36.1. The zero-order valence-electron chi connectivity index (χ0n) is 6.06. The molecule has 0 atom stereocenters. The molecular weight excluding hydrogens is 169 g/mol. The zero-order valence-corrected chi connectivity index (χ0v) is 9.05. The van der Waals surface area contributed by atoms with Crippen LogP contribution >= 0.6 is 12.4 Å². The Kier molecular flexibility index (Phi) is 40.3. The molecule has 1 nitrogen and oxygen atoms in total. The van der Waals surface area contributed by atoms with Gasteiger partial charge in [0.25, 0.3) is 0 Å². The van der Waals surface area contributed by atoms with Crippen molar-refractivity contribution in [3.8, 4) is 0 Å². The van der Waals surface area contributed by atoms with Crippen molar-refractivity contribution in [2.45, 2.75) is 6.42 Å². The molecule has 0 aromatic carbocycles. The second-order valence-electron chi connectivity index (χ2n) is 1.66. The molecule has 9 heavy (non-hydrogen) atoms. The molecule has 0 aromatic rings. The van der Waals surface area contributed by atoms with Crippen LogP contribution in [0.15, 0.2) is 0 Å². The number of hydrogen-bond acceptors (Lipinski definition) is 1. The van der Waals surface area contributed by atoms with Crippen molar-refractivity contribution in [3.63, 3.8) is 0 Å². The van der Waals surface area contributed by atoms with Crippen LogP contribution in [-0.2, 0) is 0 Å². The van der Waals surface area contributed by atoms with E-state index in [0.717, 1.165) is 13.0 Å². The summed E-state index contributed by atoms with van der Waals surface area (Å²) in [5.41, 5.74) is 0. The maximum absolute atomic E-state index is 3.68. The van der Waals surface area contributed by atoms with E-state index < -0.39 is 0 Å². The Morgan fingerprint density at radius 1 is 1.33 bits per heavy atom. The summed E-state index contributed by atoms with van der Waals surface area (Å²) in [6, 6.07) is 0. The minimum Gasteiger partial charge on any atom is -1.00 e. The van der Waals surface area contributed by atoms with Gasteiger partial charge in [-0.2, -0.15) is 6.42 Å². The van der Waals surface area contributed by atoms with Gasteiger partial charge in [-0.25, -0.2) is 0 Å². The van der Waals surface area contributed by atoms with Gasteiger partial charge in [0.05, 0.1) is 0 Å². The maximum atomic E-state index is 3.68. The molecule has 54 valence electrons. The summed E-state index contributed by atoms with van der Waals surface area (Å²) in [6.07, 6.45) is 1.01. The van der Waals surface area contributed by atoms with Crippen LogP contribution in [0.5, 0.6) is 0 Å². The summed E-state index contributed by atoms with van der Waals surface area (Å²) >= 11 is 0. The molecule has 0 unspecified atom stereocenters. The SMILES string of the molecule is Cl.[CH2-]CCN(C)C.[Cl-].[Mg+2]. The average molecular weight is 182 g/mol. The van der Waals surface area contributed by atoms with E-state index in [1.807, 2.05) is 14.1 Å². The quantitative estimate of drug-likeness (QED) is 0.347. The van der Waals surface area contributed by atoms with Crippen LogP contribution in [0, 0.1) is 6.92 Å². The smallest absolute Gasteiger partial charge is 1.00 e. The van der Waals surface area contributed by atoms with Gasteiger partial charge < -0.3 is 24.2 Å². The Morgan fingerprint density at radius 3 is 1.67 bits per heavy atom. The fraction of sp³-hybridized carbons (Fsp3) is 0.800. The molecule has 0 spiro atoms. The molecular formula is C5H13Cl2MgN. The third kappa shape index (κ3) is 26.8. The normalized spacial score (nSPS) is 6.67.